The third-order valence-corrected chi connectivity index (χ3v) is 4.99. The summed E-state index contributed by atoms with van der Waals surface area (Å²) in [6, 6.07) is 7.04. The number of aliphatic hydroxyl groups is 2. The summed E-state index contributed by atoms with van der Waals surface area (Å²) >= 11 is 0. The number of hydrogen-bond acceptors (Lipinski definition) is 8. The lowest BCUT2D eigenvalue weighted by Crippen LogP contribution is -2.49. The molecule has 0 spiro atoms. The van der Waals surface area contributed by atoms with Gasteiger partial charge in [-0.15, -0.1) is 0 Å². The molecule has 2 aromatic heterocycles. The van der Waals surface area contributed by atoms with Gasteiger partial charge in [-0.3, -0.25) is 4.79 Å². The fourth-order valence-corrected chi connectivity index (χ4v) is 3.46. The van der Waals surface area contributed by atoms with E-state index in [0.717, 1.165) is 6.29 Å². The molecule has 0 aliphatic heterocycles. The molecule has 4 N–H and O–H groups in total. The van der Waals surface area contributed by atoms with Crippen LogP contribution in [0.1, 0.15) is 23.5 Å². The summed E-state index contributed by atoms with van der Waals surface area (Å²) in [5.41, 5.74) is 6.52. The Labute approximate surface area is 167 Å². The number of nitrogens with two attached hydrogens (primary N) is 1. The number of benzene rings is 1. The van der Waals surface area contributed by atoms with Gasteiger partial charge in [0.15, 0.2) is 12.5 Å². The topological polar surface area (TPSA) is 133 Å². The number of anilines is 1. The van der Waals surface area contributed by atoms with E-state index in [2.05, 4.69) is 9.97 Å². The first-order chi connectivity index (χ1) is 13.9. The van der Waals surface area contributed by atoms with E-state index < -0.39 is 17.9 Å². The molecular weight excluding hydrogens is 376 g/mol. The Morgan fingerprint density at radius 2 is 2.00 bits per heavy atom. The molecule has 0 saturated heterocycles. The lowest BCUT2D eigenvalue weighted by Gasteiger charge is -2.36. The molecule has 3 atom stereocenters. The zero-order valence-corrected chi connectivity index (χ0v) is 16.4. The molecule has 0 radical (unpaired) electrons. The van der Waals surface area contributed by atoms with E-state index in [9.17, 15) is 15.0 Å². The molecule has 2 heterocycles. The van der Waals surface area contributed by atoms with Crippen LogP contribution in [0.25, 0.3) is 22.2 Å². The third kappa shape index (κ3) is 3.60. The van der Waals surface area contributed by atoms with Crippen LogP contribution in [0.15, 0.2) is 36.8 Å². The first kappa shape index (κ1) is 20.9. The minimum atomic E-state index is -1.72. The first-order valence-corrected chi connectivity index (χ1v) is 8.94. The molecule has 0 saturated carbocycles. The highest BCUT2D eigenvalue weighted by molar-refractivity contribution is 6.03. The molecule has 0 amide bonds. The van der Waals surface area contributed by atoms with E-state index in [1.807, 2.05) is 0 Å². The highest BCUT2D eigenvalue weighted by Crippen LogP contribution is 2.38. The van der Waals surface area contributed by atoms with Crippen molar-refractivity contribution in [3.05, 3.63) is 42.4 Å². The number of ether oxygens (including phenoxy) is 2. The number of nitrogen functional groups attached to an aromatic ring is 1. The average molecular weight is 400 g/mol. The number of aldehydes is 1. The highest BCUT2D eigenvalue weighted by Gasteiger charge is 2.42. The van der Waals surface area contributed by atoms with Gasteiger partial charge in [-0.05, 0) is 12.5 Å². The molecule has 9 nitrogen and oxygen atoms in total. The normalized spacial score (nSPS) is 15.8. The number of hydrogen-bond donors (Lipinski definition) is 3. The Morgan fingerprint density at radius 1 is 1.28 bits per heavy atom. The Balaban J connectivity index is 2.27. The van der Waals surface area contributed by atoms with Crippen molar-refractivity contribution < 1.29 is 24.5 Å². The van der Waals surface area contributed by atoms with Gasteiger partial charge in [0.2, 0.25) is 0 Å². The van der Waals surface area contributed by atoms with Crippen molar-refractivity contribution in [1.82, 2.24) is 14.5 Å². The quantitative estimate of drug-likeness (QED) is 0.483. The summed E-state index contributed by atoms with van der Waals surface area (Å²) in [5, 5.41) is 21.9. The van der Waals surface area contributed by atoms with Crippen LogP contribution in [0.4, 0.5) is 5.82 Å². The number of aliphatic hydroxyl groups excluding tert-OH is 1. The van der Waals surface area contributed by atoms with E-state index in [-0.39, 0.29) is 12.4 Å². The Bertz CT molecular complexity index is 1020. The lowest BCUT2D eigenvalue weighted by molar-refractivity contribution is -0.184. The van der Waals surface area contributed by atoms with Gasteiger partial charge in [0.25, 0.3) is 0 Å². The minimum Gasteiger partial charge on any atom is -0.388 e. The molecule has 0 fully saturated rings. The first-order valence-electron chi connectivity index (χ1n) is 8.94. The van der Waals surface area contributed by atoms with Crippen LogP contribution in [-0.4, -0.2) is 63.6 Å². The molecule has 0 bridgehead atoms. The van der Waals surface area contributed by atoms with E-state index >= 15 is 0 Å². The largest absolute Gasteiger partial charge is 0.388 e. The van der Waals surface area contributed by atoms with Gasteiger partial charge in [-0.25, -0.2) is 9.97 Å². The monoisotopic (exact) mass is 400 g/mol. The minimum absolute atomic E-state index is 0.0932. The van der Waals surface area contributed by atoms with Crippen molar-refractivity contribution in [2.45, 2.75) is 24.9 Å². The van der Waals surface area contributed by atoms with Crippen molar-refractivity contribution in [3.8, 4) is 11.1 Å². The number of carbonyl (C=O) groups excluding carboxylic acids is 1. The molecule has 0 aliphatic rings. The lowest BCUT2D eigenvalue weighted by atomic mass is 9.97. The SMILES string of the molecule is COC[C@@H](O)[C@@](C)(O)C(OC)n1cc(-c2ccccc2C=O)c2c(N)ncnc21. The van der Waals surface area contributed by atoms with Gasteiger partial charge in [0, 0.05) is 31.5 Å². The van der Waals surface area contributed by atoms with Crippen molar-refractivity contribution in [2.24, 2.45) is 0 Å². The van der Waals surface area contributed by atoms with Gasteiger partial charge >= 0.3 is 0 Å². The maximum atomic E-state index is 11.6. The Kier molecular flexibility index (Phi) is 5.94. The molecule has 0 aliphatic carbocycles. The number of methoxy groups -OCH3 is 2. The molecular formula is C20H24N4O5. The van der Waals surface area contributed by atoms with Crippen LogP contribution >= 0.6 is 0 Å². The second kappa shape index (κ2) is 8.26. The predicted molar refractivity (Wildman–Crippen MR) is 107 cm³/mol. The number of nitrogens with zero attached hydrogens (tertiary/aromatic N) is 3. The summed E-state index contributed by atoms with van der Waals surface area (Å²) in [4.78, 5) is 19.9. The van der Waals surface area contributed by atoms with Crippen molar-refractivity contribution in [3.63, 3.8) is 0 Å². The van der Waals surface area contributed by atoms with Crippen LogP contribution in [0.2, 0.25) is 0 Å². The van der Waals surface area contributed by atoms with Crippen LogP contribution < -0.4 is 5.73 Å². The number of aromatic nitrogens is 3. The maximum absolute atomic E-state index is 11.6. The second-order valence-electron chi connectivity index (χ2n) is 6.90. The molecule has 1 unspecified atom stereocenters. The fourth-order valence-electron chi connectivity index (χ4n) is 3.46. The molecule has 3 rings (SSSR count). The number of carbonyl (C=O) groups is 1. The molecule has 3 aromatic rings. The van der Waals surface area contributed by atoms with Crippen molar-refractivity contribution >= 4 is 23.1 Å². The second-order valence-corrected chi connectivity index (χ2v) is 6.90. The van der Waals surface area contributed by atoms with E-state index in [0.29, 0.717) is 27.7 Å². The Hall–Kier alpha value is -2.85. The van der Waals surface area contributed by atoms with Crippen LogP contribution in [0.5, 0.6) is 0 Å². The van der Waals surface area contributed by atoms with Gasteiger partial charge in [-0.2, -0.15) is 0 Å². The van der Waals surface area contributed by atoms with Crippen molar-refractivity contribution in [2.75, 3.05) is 26.6 Å². The highest BCUT2D eigenvalue weighted by atomic mass is 16.5. The molecule has 154 valence electrons. The molecule has 9 heteroatoms. The number of rotatable bonds is 8. The van der Waals surface area contributed by atoms with E-state index in [1.54, 1.807) is 35.0 Å². The number of fused-ring (bicyclic) bond motifs is 1. The van der Waals surface area contributed by atoms with E-state index in [4.69, 9.17) is 15.2 Å². The average Bonchev–Trinajstić information content (AvgIpc) is 3.09. The predicted octanol–water partition coefficient (Wildman–Crippen LogP) is 1.40. The zero-order chi connectivity index (χ0) is 21.2. The summed E-state index contributed by atoms with van der Waals surface area (Å²) in [6.07, 6.45) is 1.48. The van der Waals surface area contributed by atoms with Crippen LogP contribution in [0.3, 0.4) is 0 Å². The van der Waals surface area contributed by atoms with Gasteiger partial charge in [-0.1, -0.05) is 24.3 Å². The summed E-state index contributed by atoms with van der Waals surface area (Å²) in [7, 11) is 2.84. The van der Waals surface area contributed by atoms with Gasteiger partial charge in [0.1, 0.15) is 29.5 Å². The third-order valence-electron chi connectivity index (χ3n) is 4.99. The zero-order valence-electron chi connectivity index (χ0n) is 16.4. The van der Waals surface area contributed by atoms with Gasteiger partial charge in [0.05, 0.1) is 12.0 Å². The standard InChI is InChI=1S/C20H24N4O5/c1-20(27,15(26)10-28-2)19(29-3)24-8-14(13-7-5-4-6-12(13)9-25)16-17(21)22-11-23-18(16)24/h4-9,11,15,19,26-27H,10H2,1-3H3,(H2,21,22,23)/t15-,19?,20-/m1/s1. The van der Waals surface area contributed by atoms with Crippen LogP contribution in [0, 0.1) is 0 Å². The van der Waals surface area contributed by atoms with Gasteiger partial charge < -0.3 is 30.0 Å². The summed E-state index contributed by atoms with van der Waals surface area (Å²) in [5.74, 6) is 0.219. The fraction of sp³-hybridized carbons (Fsp3) is 0.350. The molecule has 1 aromatic carbocycles. The van der Waals surface area contributed by atoms with Crippen LogP contribution in [-0.2, 0) is 9.47 Å². The van der Waals surface area contributed by atoms with Crippen molar-refractivity contribution in [1.29, 1.82) is 0 Å². The summed E-state index contributed by atoms with van der Waals surface area (Å²) in [6.45, 7) is 1.35. The summed E-state index contributed by atoms with van der Waals surface area (Å²) < 4.78 is 12.1. The smallest absolute Gasteiger partial charge is 0.166 e. The Morgan fingerprint density at radius 3 is 2.66 bits per heavy atom. The maximum Gasteiger partial charge on any atom is 0.166 e. The molecule has 29 heavy (non-hydrogen) atoms. The van der Waals surface area contributed by atoms with E-state index in [1.165, 1.54) is 27.5 Å².